The fourth-order valence-electron chi connectivity index (χ4n) is 3.04. The molecule has 1 saturated heterocycles. The number of aromatic nitrogens is 1. The second kappa shape index (κ2) is 6.58. The topological polar surface area (TPSA) is 32.5 Å². The summed E-state index contributed by atoms with van der Waals surface area (Å²) in [5, 5.41) is 4.04. The van der Waals surface area contributed by atoms with Gasteiger partial charge in [-0.1, -0.05) is 23.4 Å². The lowest BCUT2D eigenvalue weighted by Gasteiger charge is -2.38. The highest BCUT2D eigenvalue weighted by molar-refractivity contribution is 5.20. The highest BCUT2D eigenvalue weighted by Crippen LogP contribution is 2.24. The zero-order valence-corrected chi connectivity index (χ0v) is 13.1. The number of rotatable bonds is 4. The first-order valence-electron chi connectivity index (χ1n) is 7.76. The molecule has 0 radical (unpaired) electrons. The van der Waals surface area contributed by atoms with Crippen LogP contribution in [0.25, 0.3) is 0 Å². The summed E-state index contributed by atoms with van der Waals surface area (Å²) in [6.45, 7) is 8.60. The summed E-state index contributed by atoms with van der Waals surface area (Å²) >= 11 is 0. The fraction of sp³-hybridized carbons (Fsp3) is 0.471. The SMILES string of the molecule is Cc1cc(CN2CCN(C(C)c3ccccc3F)CC2)no1. The third-order valence-electron chi connectivity index (χ3n) is 4.37. The van der Waals surface area contributed by atoms with E-state index in [1.807, 2.05) is 25.1 Å². The highest BCUT2D eigenvalue weighted by atomic mass is 19.1. The quantitative estimate of drug-likeness (QED) is 0.869. The Morgan fingerprint density at radius 2 is 1.95 bits per heavy atom. The molecular weight excluding hydrogens is 281 g/mol. The highest BCUT2D eigenvalue weighted by Gasteiger charge is 2.24. The number of hydrogen-bond donors (Lipinski definition) is 0. The van der Waals surface area contributed by atoms with E-state index >= 15 is 0 Å². The van der Waals surface area contributed by atoms with Gasteiger partial charge in [-0.05, 0) is 19.9 Å². The molecule has 1 atom stereocenters. The van der Waals surface area contributed by atoms with Crippen LogP contribution < -0.4 is 0 Å². The molecule has 0 bridgehead atoms. The van der Waals surface area contributed by atoms with Crippen molar-refractivity contribution in [1.82, 2.24) is 15.0 Å². The molecule has 5 heteroatoms. The van der Waals surface area contributed by atoms with Crippen molar-refractivity contribution in [2.24, 2.45) is 0 Å². The van der Waals surface area contributed by atoms with Gasteiger partial charge in [0.05, 0.1) is 5.69 Å². The van der Waals surface area contributed by atoms with Crippen molar-refractivity contribution in [3.8, 4) is 0 Å². The largest absolute Gasteiger partial charge is 0.361 e. The Labute approximate surface area is 130 Å². The molecular formula is C17H22FN3O. The van der Waals surface area contributed by atoms with Gasteiger partial charge in [0.2, 0.25) is 0 Å². The van der Waals surface area contributed by atoms with Crippen LogP contribution in [0.2, 0.25) is 0 Å². The lowest BCUT2D eigenvalue weighted by atomic mass is 10.1. The molecule has 2 heterocycles. The Balaban J connectivity index is 1.56. The van der Waals surface area contributed by atoms with Crippen molar-refractivity contribution in [3.05, 3.63) is 53.2 Å². The molecule has 0 saturated carbocycles. The fourth-order valence-corrected chi connectivity index (χ4v) is 3.04. The van der Waals surface area contributed by atoms with Gasteiger partial charge in [-0.2, -0.15) is 0 Å². The molecule has 2 aromatic rings. The molecule has 1 fully saturated rings. The van der Waals surface area contributed by atoms with E-state index in [0.29, 0.717) is 0 Å². The minimum Gasteiger partial charge on any atom is -0.361 e. The minimum atomic E-state index is -0.115. The first-order valence-corrected chi connectivity index (χ1v) is 7.76. The zero-order valence-electron chi connectivity index (χ0n) is 13.1. The number of hydrogen-bond acceptors (Lipinski definition) is 4. The maximum Gasteiger partial charge on any atom is 0.133 e. The Morgan fingerprint density at radius 1 is 1.23 bits per heavy atom. The van der Waals surface area contributed by atoms with Crippen LogP contribution >= 0.6 is 0 Å². The molecule has 0 aliphatic carbocycles. The lowest BCUT2D eigenvalue weighted by Crippen LogP contribution is -2.46. The second-order valence-corrected chi connectivity index (χ2v) is 5.94. The molecule has 3 rings (SSSR count). The molecule has 0 amide bonds. The predicted octanol–water partition coefficient (Wildman–Crippen LogP) is 3.00. The minimum absolute atomic E-state index is 0.109. The van der Waals surface area contributed by atoms with Gasteiger partial charge in [0.15, 0.2) is 0 Å². The summed E-state index contributed by atoms with van der Waals surface area (Å²) in [4.78, 5) is 4.70. The van der Waals surface area contributed by atoms with Crippen LogP contribution in [-0.4, -0.2) is 41.1 Å². The summed E-state index contributed by atoms with van der Waals surface area (Å²) in [5.41, 5.74) is 1.76. The average molecular weight is 303 g/mol. The first kappa shape index (κ1) is 15.2. The van der Waals surface area contributed by atoms with Crippen LogP contribution in [0.5, 0.6) is 0 Å². The molecule has 0 spiro atoms. The van der Waals surface area contributed by atoms with E-state index in [2.05, 4.69) is 21.9 Å². The Bertz CT molecular complexity index is 620. The third-order valence-corrected chi connectivity index (χ3v) is 4.37. The summed E-state index contributed by atoms with van der Waals surface area (Å²) in [5.74, 6) is 0.734. The molecule has 1 unspecified atom stereocenters. The molecule has 1 aliphatic heterocycles. The number of aryl methyl sites for hydroxylation is 1. The smallest absolute Gasteiger partial charge is 0.133 e. The molecule has 1 aromatic carbocycles. The first-order chi connectivity index (χ1) is 10.6. The van der Waals surface area contributed by atoms with E-state index < -0.39 is 0 Å². The summed E-state index contributed by atoms with van der Waals surface area (Å²) < 4.78 is 19.0. The molecule has 118 valence electrons. The Morgan fingerprint density at radius 3 is 2.59 bits per heavy atom. The predicted molar refractivity (Wildman–Crippen MR) is 82.9 cm³/mol. The summed E-state index contributed by atoms with van der Waals surface area (Å²) in [6, 6.07) is 9.15. The van der Waals surface area contributed by atoms with Crippen molar-refractivity contribution in [1.29, 1.82) is 0 Å². The van der Waals surface area contributed by atoms with Gasteiger partial charge >= 0.3 is 0 Å². The average Bonchev–Trinajstić information content (AvgIpc) is 2.93. The van der Waals surface area contributed by atoms with E-state index in [4.69, 9.17) is 4.52 Å². The van der Waals surface area contributed by atoms with E-state index in [-0.39, 0.29) is 11.9 Å². The van der Waals surface area contributed by atoms with Crippen LogP contribution in [0.1, 0.15) is 30.0 Å². The van der Waals surface area contributed by atoms with E-state index in [0.717, 1.165) is 49.7 Å². The van der Waals surface area contributed by atoms with Crippen LogP contribution in [0.4, 0.5) is 4.39 Å². The number of nitrogens with zero attached hydrogens (tertiary/aromatic N) is 3. The van der Waals surface area contributed by atoms with Gasteiger partial charge in [-0.3, -0.25) is 9.80 Å². The van der Waals surface area contributed by atoms with Gasteiger partial charge in [-0.25, -0.2) is 4.39 Å². The molecule has 0 N–H and O–H groups in total. The molecule has 1 aliphatic rings. The Hall–Kier alpha value is -1.72. The molecule has 22 heavy (non-hydrogen) atoms. The monoisotopic (exact) mass is 303 g/mol. The number of benzene rings is 1. The van der Waals surface area contributed by atoms with Crippen molar-refractivity contribution in [2.45, 2.75) is 26.4 Å². The lowest BCUT2D eigenvalue weighted by molar-refractivity contribution is 0.0950. The van der Waals surface area contributed by atoms with E-state index in [1.165, 1.54) is 6.07 Å². The maximum atomic E-state index is 13.9. The van der Waals surface area contributed by atoms with E-state index in [1.54, 1.807) is 6.07 Å². The van der Waals surface area contributed by atoms with Gasteiger partial charge in [-0.15, -0.1) is 0 Å². The van der Waals surface area contributed by atoms with E-state index in [9.17, 15) is 4.39 Å². The standard InChI is InChI=1S/C17H22FN3O/c1-13-11-15(19-22-13)12-20-7-9-21(10-8-20)14(2)16-5-3-4-6-17(16)18/h3-6,11,14H,7-10,12H2,1-2H3. The number of halogens is 1. The summed E-state index contributed by atoms with van der Waals surface area (Å²) in [6.07, 6.45) is 0. The molecule has 1 aromatic heterocycles. The zero-order chi connectivity index (χ0) is 15.5. The van der Waals surface area contributed by atoms with Gasteiger partial charge in [0.25, 0.3) is 0 Å². The van der Waals surface area contributed by atoms with Crippen molar-refractivity contribution in [2.75, 3.05) is 26.2 Å². The van der Waals surface area contributed by atoms with Gasteiger partial charge < -0.3 is 4.52 Å². The van der Waals surface area contributed by atoms with Crippen molar-refractivity contribution < 1.29 is 8.91 Å². The van der Waals surface area contributed by atoms with Crippen LogP contribution in [-0.2, 0) is 6.54 Å². The van der Waals surface area contributed by atoms with Crippen LogP contribution in [0.3, 0.4) is 0 Å². The maximum absolute atomic E-state index is 13.9. The van der Waals surface area contributed by atoms with Crippen molar-refractivity contribution in [3.63, 3.8) is 0 Å². The third kappa shape index (κ3) is 3.36. The normalized spacial score (nSPS) is 18.5. The van der Waals surface area contributed by atoms with Gasteiger partial charge in [0.1, 0.15) is 11.6 Å². The second-order valence-electron chi connectivity index (χ2n) is 5.94. The van der Waals surface area contributed by atoms with Gasteiger partial charge in [0, 0.05) is 50.4 Å². The molecule has 4 nitrogen and oxygen atoms in total. The van der Waals surface area contributed by atoms with Crippen LogP contribution in [0.15, 0.2) is 34.9 Å². The summed E-state index contributed by atoms with van der Waals surface area (Å²) in [7, 11) is 0. The Kier molecular flexibility index (Phi) is 4.55. The van der Waals surface area contributed by atoms with Crippen molar-refractivity contribution >= 4 is 0 Å². The van der Waals surface area contributed by atoms with Crippen LogP contribution in [0, 0.1) is 12.7 Å². The number of piperazine rings is 1.